The van der Waals surface area contributed by atoms with Crippen molar-refractivity contribution in [1.29, 1.82) is 0 Å². The highest BCUT2D eigenvalue weighted by Gasteiger charge is 2.12. The van der Waals surface area contributed by atoms with Gasteiger partial charge in [0.25, 0.3) is 0 Å². The normalized spacial score (nSPS) is 16.2. The van der Waals surface area contributed by atoms with E-state index in [1.54, 1.807) is 0 Å². The Hall–Kier alpha value is -0.650. The van der Waals surface area contributed by atoms with Crippen molar-refractivity contribution in [2.45, 2.75) is 33.1 Å². The first-order chi connectivity index (χ1) is 4.83. The van der Waals surface area contributed by atoms with E-state index >= 15 is 0 Å². The van der Waals surface area contributed by atoms with E-state index in [0.717, 1.165) is 0 Å². The molecule has 0 N–H and O–H groups in total. The number of hydrogen-bond donors (Lipinski definition) is 0. The molecular formula is C10H15+. The summed E-state index contributed by atoms with van der Waals surface area (Å²) in [6.45, 7) is 4.38. The van der Waals surface area contributed by atoms with Crippen LogP contribution >= 0.6 is 0 Å². The summed E-state index contributed by atoms with van der Waals surface area (Å²) in [5.74, 6) is 1.39. The molecule has 0 aromatic rings. The van der Waals surface area contributed by atoms with Crippen LogP contribution in [0.5, 0.6) is 0 Å². The Morgan fingerprint density at radius 3 is 2.80 bits per heavy atom. The highest BCUT2D eigenvalue weighted by atomic mass is 14.1. The van der Waals surface area contributed by atoms with Gasteiger partial charge in [0.1, 0.15) is 0 Å². The van der Waals surface area contributed by atoms with Crippen molar-refractivity contribution in [3.8, 4) is 0 Å². The molecule has 0 fully saturated rings. The molecule has 0 aliphatic heterocycles. The van der Waals surface area contributed by atoms with Crippen molar-refractivity contribution in [1.82, 2.24) is 0 Å². The minimum Gasteiger partial charge on any atom is -0.0653 e. The average molecular weight is 135 g/mol. The second kappa shape index (κ2) is 3.50. The number of hydrogen-bond acceptors (Lipinski definition) is 0. The monoisotopic (exact) mass is 135 g/mol. The van der Waals surface area contributed by atoms with E-state index in [0.29, 0.717) is 0 Å². The molecule has 0 saturated carbocycles. The van der Waals surface area contributed by atoms with Crippen LogP contribution in [-0.2, 0) is 0 Å². The molecule has 0 spiro atoms. The first-order valence-electron chi connectivity index (χ1n) is 4.05. The molecule has 1 aliphatic rings. The molecule has 0 heteroatoms. The molecule has 1 rings (SSSR count). The van der Waals surface area contributed by atoms with E-state index in [1.165, 1.54) is 30.8 Å². The first kappa shape index (κ1) is 7.46. The zero-order valence-corrected chi connectivity index (χ0v) is 6.85. The van der Waals surface area contributed by atoms with Crippen LogP contribution in [0, 0.1) is 5.92 Å². The third-order valence-corrected chi connectivity index (χ3v) is 1.79. The van der Waals surface area contributed by atoms with Gasteiger partial charge in [-0.05, 0) is 6.42 Å². The topological polar surface area (TPSA) is 0 Å². The SMILES string of the molecule is CCCCC1=C[C+](C)C=C1. The lowest BCUT2D eigenvalue weighted by molar-refractivity contribution is 0.798. The minimum atomic E-state index is 1.25. The van der Waals surface area contributed by atoms with E-state index in [-0.39, 0.29) is 0 Å². The molecule has 10 heavy (non-hydrogen) atoms. The standard InChI is InChI=1S/C10H15/c1-3-4-5-10-7-6-9(2)8-10/h6-8H,3-5H2,1-2H3/q+1. The quantitative estimate of drug-likeness (QED) is 0.521. The second-order valence-corrected chi connectivity index (χ2v) is 2.90. The Morgan fingerprint density at radius 2 is 2.30 bits per heavy atom. The van der Waals surface area contributed by atoms with E-state index in [1.807, 2.05) is 0 Å². The fourth-order valence-corrected chi connectivity index (χ4v) is 1.16. The number of rotatable bonds is 3. The van der Waals surface area contributed by atoms with Gasteiger partial charge in [-0.3, -0.25) is 0 Å². The molecule has 0 amide bonds. The largest absolute Gasteiger partial charge is 0.0934 e. The van der Waals surface area contributed by atoms with Crippen molar-refractivity contribution < 1.29 is 0 Å². The van der Waals surface area contributed by atoms with Crippen molar-refractivity contribution in [2.24, 2.45) is 0 Å². The van der Waals surface area contributed by atoms with Gasteiger partial charge in [-0.1, -0.05) is 13.3 Å². The molecule has 1 aliphatic carbocycles. The lowest BCUT2D eigenvalue weighted by Crippen LogP contribution is -1.76. The maximum atomic E-state index is 2.27. The van der Waals surface area contributed by atoms with Crippen LogP contribution in [0.3, 0.4) is 0 Å². The van der Waals surface area contributed by atoms with Crippen molar-refractivity contribution in [2.75, 3.05) is 0 Å². The Labute approximate surface area is 63.6 Å². The van der Waals surface area contributed by atoms with Gasteiger partial charge in [0.15, 0.2) is 0 Å². The van der Waals surface area contributed by atoms with E-state index < -0.39 is 0 Å². The third kappa shape index (κ3) is 1.94. The maximum absolute atomic E-state index is 2.27. The van der Waals surface area contributed by atoms with Crippen LogP contribution in [0.15, 0.2) is 23.8 Å². The summed E-state index contributed by atoms with van der Waals surface area (Å²) in [6, 6.07) is 0. The molecule has 54 valence electrons. The third-order valence-electron chi connectivity index (χ3n) is 1.79. The lowest BCUT2D eigenvalue weighted by Gasteiger charge is -1.88. The fourth-order valence-electron chi connectivity index (χ4n) is 1.16. The van der Waals surface area contributed by atoms with Crippen LogP contribution in [0.2, 0.25) is 0 Å². The van der Waals surface area contributed by atoms with Crippen LogP contribution in [0.4, 0.5) is 0 Å². The Bertz CT molecular complexity index is 151. The zero-order valence-electron chi connectivity index (χ0n) is 6.85. The van der Waals surface area contributed by atoms with Crippen molar-refractivity contribution in [3.05, 3.63) is 29.7 Å². The van der Waals surface area contributed by atoms with Crippen LogP contribution in [0.1, 0.15) is 33.1 Å². The summed E-state index contributed by atoms with van der Waals surface area (Å²) in [6.07, 6.45) is 10.6. The van der Waals surface area contributed by atoms with E-state index in [4.69, 9.17) is 0 Å². The molecule has 0 heterocycles. The van der Waals surface area contributed by atoms with Gasteiger partial charge in [0.05, 0.1) is 29.7 Å². The van der Waals surface area contributed by atoms with Crippen molar-refractivity contribution >= 4 is 0 Å². The lowest BCUT2D eigenvalue weighted by atomic mass is 10.1. The summed E-state index contributed by atoms with van der Waals surface area (Å²) in [7, 11) is 0. The summed E-state index contributed by atoms with van der Waals surface area (Å²) < 4.78 is 0. The summed E-state index contributed by atoms with van der Waals surface area (Å²) >= 11 is 0. The summed E-state index contributed by atoms with van der Waals surface area (Å²) in [5, 5.41) is 0. The smallest absolute Gasteiger partial charge is 0.0653 e. The molecule has 0 saturated heterocycles. The summed E-state index contributed by atoms with van der Waals surface area (Å²) in [4.78, 5) is 0. The van der Waals surface area contributed by atoms with Gasteiger partial charge >= 0.3 is 0 Å². The number of unbranched alkanes of at least 4 members (excludes halogenated alkanes) is 1. The predicted octanol–water partition coefficient (Wildman–Crippen LogP) is 3.27. The van der Waals surface area contributed by atoms with Gasteiger partial charge in [0, 0.05) is 13.3 Å². The number of allylic oxidation sites excluding steroid dienone is 4. The van der Waals surface area contributed by atoms with Gasteiger partial charge in [-0.25, -0.2) is 0 Å². The molecule has 0 aromatic carbocycles. The van der Waals surface area contributed by atoms with Crippen LogP contribution < -0.4 is 0 Å². The molecule has 0 radical (unpaired) electrons. The van der Waals surface area contributed by atoms with Gasteiger partial charge in [-0.15, -0.1) is 0 Å². The minimum absolute atomic E-state index is 1.25. The molecule has 0 atom stereocenters. The van der Waals surface area contributed by atoms with Gasteiger partial charge in [0.2, 0.25) is 0 Å². The van der Waals surface area contributed by atoms with E-state index in [2.05, 4.69) is 32.1 Å². The van der Waals surface area contributed by atoms with E-state index in [9.17, 15) is 0 Å². The van der Waals surface area contributed by atoms with Gasteiger partial charge in [-0.2, -0.15) is 0 Å². The fraction of sp³-hybridized carbons (Fsp3) is 0.500. The maximum Gasteiger partial charge on any atom is 0.0934 e. The Morgan fingerprint density at radius 1 is 1.50 bits per heavy atom. The Kier molecular flexibility index (Phi) is 2.61. The molecule has 0 nitrogen and oxygen atoms in total. The molecule has 0 bridgehead atoms. The molecule has 0 unspecified atom stereocenters. The highest BCUT2D eigenvalue weighted by molar-refractivity contribution is 5.39. The molecule has 0 aromatic heterocycles. The Balaban J connectivity index is 2.30. The predicted molar refractivity (Wildman–Crippen MR) is 45.7 cm³/mol. The second-order valence-electron chi connectivity index (χ2n) is 2.90. The summed E-state index contributed by atoms with van der Waals surface area (Å²) in [5.41, 5.74) is 1.50. The van der Waals surface area contributed by atoms with Crippen molar-refractivity contribution in [3.63, 3.8) is 0 Å². The van der Waals surface area contributed by atoms with Crippen LogP contribution in [0.25, 0.3) is 0 Å². The average Bonchev–Trinajstić information content (AvgIpc) is 2.31. The molecular weight excluding hydrogens is 120 g/mol. The first-order valence-corrected chi connectivity index (χ1v) is 4.05. The van der Waals surface area contributed by atoms with Gasteiger partial charge < -0.3 is 0 Å². The highest BCUT2D eigenvalue weighted by Crippen LogP contribution is 2.20. The zero-order chi connectivity index (χ0) is 7.40. The van der Waals surface area contributed by atoms with Crippen LogP contribution in [-0.4, -0.2) is 0 Å².